The molecular formula is C21H22F2N2O4S. The van der Waals surface area contributed by atoms with E-state index in [-0.39, 0.29) is 18.7 Å². The van der Waals surface area contributed by atoms with Crippen LogP contribution in [-0.4, -0.2) is 50.2 Å². The molecule has 2 unspecified atom stereocenters. The lowest BCUT2D eigenvalue weighted by Crippen LogP contribution is -2.62. The first-order chi connectivity index (χ1) is 14.2. The molecule has 2 aliphatic rings. The second-order valence-electron chi connectivity index (χ2n) is 7.69. The summed E-state index contributed by atoms with van der Waals surface area (Å²) < 4.78 is 61.0. The number of rotatable bonds is 3. The van der Waals surface area contributed by atoms with E-state index in [0.717, 1.165) is 11.2 Å². The monoisotopic (exact) mass is 436 g/mol. The quantitative estimate of drug-likeness (QED) is 0.803. The lowest BCUT2D eigenvalue weighted by Gasteiger charge is -2.43. The summed E-state index contributed by atoms with van der Waals surface area (Å²) in [6.07, 6.45) is -1.96. The molecule has 2 aliphatic heterocycles. The molecule has 4 rings (SSSR count). The fourth-order valence-corrected chi connectivity index (χ4v) is 5.07. The number of hydrogen-bond acceptors (Lipinski definition) is 4. The van der Waals surface area contributed by atoms with Gasteiger partial charge in [0.05, 0.1) is 12.3 Å². The number of nitrogens with one attached hydrogen (secondary N) is 1. The van der Waals surface area contributed by atoms with Crippen molar-refractivity contribution >= 4 is 15.9 Å². The van der Waals surface area contributed by atoms with E-state index in [1.165, 1.54) is 0 Å². The van der Waals surface area contributed by atoms with E-state index in [2.05, 4.69) is 4.72 Å². The minimum Gasteiger partial charge on any atom is -0.424 e. The van der Waals surface area contributed by atoms with Crippen LogP contribution < -0.4 is 9.46 Å². The molecule has 160 valence electrons. The average Bonchev–Trinajstić information content (AvgIpc) is 2.68. The maximum atomic E-state index is 14.9. The Morgan fingerprint density at radius 2 is 1.87 bits per heavy atom. The molecule has 1 fully saturated rings. The van der Waals surface area contributed by atoms with E-state index in [4.69, 9.17) is 4.74 Å². The van der Waals surface area contributed by atoms with Crippen molar-refractivity contribution < 1.29 is 26.7 Å². The molecule has 2 aromatic rings. The van der Waals surface area contributed by atoms with Gasteiger partial charge in [0.15, 0.2) is 0 Å². The molecule has 0 spiro atoms. The van der Waals surface area contributed by atoms with Crippen LogP contribution >= 0.6 is 0 Å². The number of carbonyl (C=O) groups excluding carboxylic acids is 1. The van der Waals surface area contributed by atoms with E-state index in [9.17, 15) is 22.0 Å². The van der Waals surface area contributed by atoms with Crippen LogP contribution in [0.3, 0.4) is 0 Å². The Morgan fingerprint density at radius 3 is 2.57 bits per heavy atom. The van der Waals surface area contributed by atoms with Gasteiger partial charge < -0.3 is 9.64 Å². The number of hydrogen-bond donors (Lipinski definition) is 1. The molecular weight excluding hydrogens is 414 g/mol. The van der Waals surface area contributed by atoms with Crippen molar-refractivity contribution in [2.24, 2.45) is 0 Å². The topological polar surface area (TPSA) is 75.7 Å². The number of carbonyl (C=O) groups is 1. The van der Waals surface area contributed by atoms with Gasteiger partial charge in [-0.25, -0.2) is 13.1 Å². The van der Waals surface area contributed by atoms with Gasteiger partial charge in [-0.2, -0.15) is 8.78 Å². The molecule has 0 bridgehead atoms. The number of halogens is 2. The first-order valence-electron chi connectivity index (χ1n) is 9.68. The van der Waals surface area contributed by atoms with Crippen LogP contribution in [0.1, 0.15) is 18.4 Å². The summed E-state index contributed by atoms with van der Waals surface area (Å²) in [5, 5.41) is 0. The maximum Gasteiger partial charge on any atom is 0.482 e. The Balaban J connectivity index is 1.83. The molecule has 1 amide bonds. The third-order valence-corrected chi connectivity index (χ3v) is 6.23. The predicted molar refractivity (Wildman–Crippen MR) is 108 cm³/mol. The summed E-state index contributed by atoms with van der Waals surface area (Å²) >= 11 is 0. The van der Waals surface area contributed by atoms with Crippen LogP contribution in [0.4, 0.5) is 8.78 Å². The molecule has 2 aromatic carbocycles. The summed E-state index contributed by atoms with van der Waals surface area (Å²) in [7, 11) is -3.58. The number of piperidine rings is 1. The van der Waals surface area contributed by atoms with Gasteiger partial charge >= 0.3 is 12.0 Å². The summed E-state index contributed by atoms with van der Waals surface area (Å²) in [5.41, 5.74) is 1.64. The van der Waals surface area contributed by atoms with Gasteiger partial charge in [-0.15, -0.1) is 0 Å². The Morgan fingerprint density at radius 1 is 1.13 bits per heavy atom. The SMILES string of the molecule is CS(=O)(=O)NC1CCCN2C(=O)C(F)(F)Oc3c(cccc3-c3ccccc3)CC12. The molecule has 0 radical (unpaired) electrons. The molecule has 0 aromatic heterocycles. The van der Waals surface area contributed by atoms with Crippen molar-refractivity contribution in [3.8, 4) is 16.9 Å². The average molecular weight is 436 g/mol. The lowest BCUT2D eigenvalue weighted by molar-refractivity contribution is -0.209. The Labute approximate surface area is 173 Å². The van der Waals surface area contributed by atoms with E-state index < -0.39 is 34.1 Å². The summed E-state index contributed by atoms with van der Waals surface area (Å²) in [4.78, 5) is 13.8. The minimum absolute atomic E-state index is 0.0506. The highest BCUT2D eigenvalue weighted by Crippen LogP contribution is 2.40. The van der Waals surface area contributed by atoms with Crippen LogP contribution in [0.25, 0.3) is 11.1 Å². The van der Waals surface area contributed by atoms with Crippen LogP contribution in [0.5, 0.6) is 5.75 Å². The zero-order valence-electron chi connectivity index (χ0n) is 16.3. The standard InChI is InChI=1S/C21H22F2N2O4S/c1-30(27,28)24-17-11-6-12-25-18(17)13-15-9-5-10-16(14-7-3-2-4-8-14)19(15)29-21(22,23)20(25)26/h2-5,7-10,17-18,24H,6,11-13H2,1H3. The van der Waals surface area contributed by atoms with Gasteiger partial charge in [-0.3, -0.25) is 4.79 Å². The Bertz CT molecular complexity index is 1060. The minimum atomic E-state index is -4.06. The predicted octanol–water partition coefficient (Wildman–Crippen LogP) is 2.79. The van der Waals surface area contributed by atoms with Crippen molar-refractivity contribution in [3.05, 3.63) is 54.1 Å². The summed E-state index contributed by atoms with van der Waals surface area (Å²) in [5.74, 6) is -1.49. The first kappa shape index (κ1) is 20.7. The Hall–Kier alpha value is -2.52. The van der Waals surface area contributed by atoms with Gasteiger partial charge in [-0.05, 0) is 30.4 Å². The Kier molecular flexibility index (Phi) is 5.27. The molecule has 30 heavy (non-hydrogen) atoms. The van der Waals surface area contributed by atoms with Crippen molar-refractivity contribution in [1.29, 1.82) is 0 Å². The van der Waals surface area contributed by atoms with Gasteiger partial charge in [0.25, 0.3) is 0 Å². The third-order valence-electron chi connectivity index (χ3n) is 5.49. The van der Waals surface area contributed by atoms with E-state index in [1.807, 2.05) is 6.07 Å². The van der Waals surface area contributed by atoms with Crippen molar-refractivity contribution in [1.82, 2.24) is 9.62 Å². The highest BCUT2D eigenvalue weighted by Gasteiger charge is 2.51. The van der Waals surface area contributed by atoms with Crippen LogP contribution in [0, 0.1) is 0 Å². The lowest BCUT2D eigenvalue weighted by atomic mass is 9.89. The van der Waals surface area contributed by atoms with Gasteiger partial charge in [0.1, 0.15) is 5.75 Å². The number of alkyl halides is 2. The maximum absolute atomic E-state index is 14.9. The molecule has 1 saturated heterocycles. The first-order valence-corrected chi connectivity index (χ1v) is 11.6. The van der Waals surface area contributed by atoms with Gasteiger partial charge in [-0.1, -0.05) is 48.5 Å². The second kappa shape index (κ2) is 7.63. The molecule has 2 atom stereocenters. The van der Waals surface area contributed by atoms with E-state index in [1.54, 1.807) is 42.5 Å². The van der Waals surface area contributed by atoms with Crippen molar-refractivity contribution in [2.45, 2.75) is 37.5 Å². The molecule has 2 heterocycles. The molecule has 6 nitrogen and oxygen atoms in total. The highest BCUT2D eigenvalue weighted by molar-refractivity contribution is 7.88. The van der Waals surface area contributed by atoms with E-state index in [0.29, 0.717) is 29.5 Å². The van der Waals surface area contributed by atoms with Crippen LogP contribution in [0.2, 0.25) is 0 Å². The number of sulfonamides is 1. The largest absolute Gasteiger partial charge is 0.482 e. The smallest absolute Gasteiger partial charge is 0.424 e. The zero-order chi connectivity index (χ0) is 21.5. The molecule has 0 aliphatic carbocycles. The summed E-state index contributed by atoms with van der Waals surface area (Å²) in [6, 6.07) is 12.7. The number of para-hydroxylation sites is 1. The van der Waals surface area contributed by atoms with Crippen LogP contribution in [0.15, 0.2) is 48.5 Å². The highest BCUT2D eigenvalue weighted by atomic mass is 32.2. The van der Waals surface area contributed by atoms with Crippen LogP contribution in [-0.2, 0) is 21.2 Å². The summed E-state index contributed by atoms with van der Waals surface area (Å²) in [6.45, 7) is 0.123. The second-order valence-corrected chi connectivity index (χ2v) is 9.47. The molecule has 0 saturated carbocycles. The van der Waals surface area contributed by atoms with Crippen molar-refractivity contribution in [3.63, 3.8) is 0 Å². The molecule has 1 N–H and O–H groups in total. The zero-order valence-corrected chi connectivity index (χ0v) is 17.2. The number of fused-ring (bicyclic) bond motifs is 2. The fourth-order valence-electron chi connectivity index (χ4n) is 4.25. The van der Waals surface area contributed by atoms with Gasteiger partial charge in [0.2, 0.25) is 10.0 Å². The number of ether oxygens (including phenoxy) is 1. The fraction of sp³-hybridized carbons (Fsp3) is 0.381. The number of benzene rings is 2. The van der Waals surface area contributed by atoms with E-state index >= 15 is 0 Å². The van der Waals surface area contributed by atoms with Crippen molar-refractivity contribution in [2.75, 3.05) is 12.8 Å². The molecule has 9 heteroatoms. The van der Waals surface area contributed by atoms with Gasteiger partial charge in [0, 0.05) is 18.2 Å². The number of amides is 1. The third kappa shape index (κ3) is 4.04. The normalized spacial score (nSPS) is 23.6. The number of nitrogens with zero attached hydrogens (tertiary/aromatic N) is 1.